The molecule has 0 heterocycles. The molecule has 1 heteroatoms. The van der Waals surface area contributed by atoms with Crippen LogP contribution in [-0.2, 0) is 0 Å². The quantitative estimate of drug-likeness (QED) is 0.211. The molecule has 1 nitrogen and oxygen atoms in total. The molecule has 8 rings (SSSR count). The van der Waals surface area contributed by atoms with Gasteiger partial charge >= 0.3 is 0 Å². The van der Waals surface area contributed by atoms with E-state index in [-0.39, 0.29) is 0 Å². The van der Waals surface area contributed by atoms with Crippen molar-refractivity contribution in [1.29, 1.82) is 0 Å². The minimum Gasteiger partial charge on any atom is -0.355 e. The maximum Gasteiger partial charge on any atom is 0.0464 e. The molecule has 0 saturated heterocycles. The van der Waals surface area contributed by atoms with Crippen molar-refractivity contribution in [3.8, 4) is 33.4 Å². The van der Waals surface area contributed by atoms with Crippen molar-refractivity contribution in [1.82, 2.24) is 0 Å². The van der Waals surface area contributed by atoms with Gasteiger partial charge in [0.2, 0.25) is 0 Å². The lowest BCUT2D eigenvalue weighted by molar-refractivity contribution is 1.53. The molecule has 0 unspecified atom stereocenters. The molecule has 0 atom stereocenters. The summed E-state index contributed by atoms with van der Waals surface area (Å²) in [5.41, 5.74) is 9.39. The molecule has 0 spiro atoms. The molecule has 0 saturated carbocycles. The van der Waals surface area contributed by atoms with Crippen LogP contribution in [0.15, 0.2) is 170 Å². The fourth-order valence-corrected chi connectivity index (χ4v) is 6.36. The molecule has 202 valence electrons. The second kappa shape index (κ2) is 10.6. The van der Waals surface area contributed by atoms with Crippen molar-refractivity contribution >= 4 is 43.7 Å². The van der Waals surface area contributed by atoms with Gasteiger partial charge in [-0.05, 0) is 90.5 Å². The SMILES string of the molecule is c1ccc(-c2ccc(Nc3cc(-c4cc5ccccc5c5ccccc45)c4ccccc4c3)c(-c3ccccc3)c2)cc1. The molecule has 1 N–H and O–H groups in total. The third-order valence-corrected chi connectivity index (χ3v) is 8.41. The molecular formula is C42H29N. The molecular weight excluding hydrogens is 518 g/mol. The molecule has 0 aromatic heterocycles. The summed E-state index contributed by atoms with van der Waals surface area (Å²) in [5.74, 6) is 0. The topological polar surface area (TPSA) is 12.0 Å². The Labute approximate surface area is 251 Å². The van der Waals surface area contributed by atoms with Crippen molar-refractivity contribution < 1.29 is 0 Å². The second-order valence-corrected chi connectivity index (χ2v) is 11.1. The van der Waals surface area contributed by atoms with Crippen LogP contribution in [0.25, 0.3) is 65.7 Å². The highest BCUT2D eigenvalue weighted by atomic mass is 14.9. The summed E-state index contributed by atoms with van der Waals surface area (Å²) in [4.78, 5) is 0. The summed E-state index contributed by atoms with van der Waals surface area (Å²) in [5, 5.41) is 11.4. The van der Waals surface area contributed by atoms with Gasteiger partial charge in [0, 0.05) is 16.9 Å². The summed E-state index contributed by atoms with van der Waals surface area (Å²) in [7, 11) is 0. The largest absolute Gasteiger partial charge is 0.355 e. The van der Waals surface area contributed by atoms with E-state index >= 15 is 0 Å². The molecule has 8 aromatic rings. The summed E-state index contributed by atoms with van der Waals surface area (Å²) in [6, 6.07) is 61.1. The molecule has 8 aromatic carbocycles. The van der Waals surface area contributed by atoms with Crippen molar-refractivity contribution in [3.63, 3.8) is 0 Å². The van der Waals surface area contributed by atoms with E-state index in [9.17, 15) is 0 Å². The Morgan fingerprint density at radius 1 is 0.302 bits per heavy atom. The van der Waals surface area contributed by atoms with Crippen LogP contribution in [0, 0.1) is 0 Å². The van der Waals surface area contributed by atoms with E-state index < -0.39 is 0 Å². The number of nitrogens with one attached hydrogen (secondary N) is 1. The van der Waals surface area contributed by atoms with Crippen LogP contribution in [0.3, 0.4) is 0 Å². The predicted molar refractivity (Wildman–Crippen MR) is 185 cm³/mol. The van der Waals surface area contributed by atoms with E-state index in [1.54, 1.807) is 0 Å². The number of fused-ring (bicyclic) bond motifs is 4. The zero-order valence-electron chi connectivity index (χ0n) is 23.7. The van der Waals surface area contributed by atoms with Gasteiger partial charge in [0.25, 0.3) is 0 Å². The highest BCUT2D eigenvalue weighted by molar-refractivity contribution is 6.16. The van der Waals surface area contributed by atoms with E-state index in [1.165, 1.54) is 65.7 Å². The number of benzene rings is 8. The molecule has 0 aliphatic carbocycles. The van der Waals surface area contributed by atoms with E-state index in [1.807, 2.05) is 0 Å². The normalized spacial score (nSPS) is 11.3. The van der Waals surface area contributed by atoms with Gasteiger partial charge in [0.15, 0.2) is 0 Å². The monoisotopic (exact) mass is 547 g/mol. The highest BCUT2D eigenvalue weighted by Gasteiger charge is 2.14. The Hall–Kier alpha value is -5.66. The fourth-order valence-electron chi connectivity index (χ4n) is 6.36. The zero-order chi connectivity index (χ0) is 28.6. The van der Waals surface area contributed by atoms with Crippen molar-refractivity contribution in [2.24, 2.45) is 0 Å². The van der Waals surface area contributed by atoms with E-state index in [0.29, 0.717) is 0 Å². The smallest absolute Gasteiger partial charge is 0.0464 e. The zero-order valence-corrected chi connectivity index (χ0v) is 23.7. The summed E-state index contributed by atoms with van der Waals surface area (Å²) < 4.78 is 0. The molecule has 0 aliphatic rings. The first kappa shape index (κ1) is 25.1. The lowest BCUT2D eigenvalue weighted by Crippen LogP contribution is -1.96. The van der Waals surface area contributed by atoms with E-state index in [4.69, 9.17) is 0 Å². The third-order valence-electron chi connectivity index (χ3n) is 8.41. The molecule has 43 heavy (non-hydrogen) atoms. The van der Waals surface area contributed by atoms with Crippen LogP contribution in [0.5, 0.6) is 0 Å². The van der Waals surface area contributed by atoms with E-state index in [2.05, 4.69) is 175 Å². The van der Waals surface area contributed by atoms with Gasteiger partial charge in [0.05, 0.1) is 0 Å². The average Bonchev–Trinajstić information content (AvgIpc) is 3.08. The van der Waals surface area contributed by atoms with Gasteiger partial charge in [-0.1, -0.05) is 140 Å². The van der Waals surface area contributed by atoms with Crippen molar-refractivity contribution in [2.75, 3.05) is 5.32 Å². The second-order valence-electron chi connectivity index (χ2n) is 11.1. The highest BCUT2D eigenvalue weighted by Crippen LogP contribution is 2.41. The Morgan fingerprint density at radius 3 is 1.60 bits per heavy atom. The van der Waals surface area contributed by atoms with Gasteiger partial charge in [-0.2, -0.15) is 0 Å². The number of rotatable bonds is 5. The maximum atomic E-state index is 3.84. The lowest BCUT2D eigenvalue weighted by Gasteiger charge is -2.18. The Balaban J connectivity index is 1.32. The molecule has 0 fully saturated rings. The summed E-state index contributed by atoms with van der Waals surface area (Å²) in [6.45, 7) is 0. The van der Waals surface area contributed by atoms with Gasteiger partial charge < -0.3 is 5.32 Å². The van der Waals surface area contributed by atoms with Gasteiger partial charge in [-0.15, -0.1) is 0 Å². The van der Waals surface area contributed by atoms with Crippen LogP contribution in [-0.4, -0.2) is 0 Å². The number of anilines is 2. The van der Waals surface area contributed by atoms with Gasteiger partial charge in [-0.3, -0.25) is 0 Å². The van der Waals surface area contributed by atoms with E-state index in [0.717, 1.165) is 11.4 Å². The first-order valence-electron chi connectivity index (χ1n) is 14.8. The third kappa shape index (κ3) is 4.62. The number of hydrogen-bond donors (Lipinski definition) is 1. The minimum absolute atomic E-state index is 1.07. The Morgan fingerprint density at radius 2 is 0.860 bits per heavy atom. The standard InChI is InChI=1S/C42H29N/c1-3-13-29(14-4-1)31-23-24-42(39(26-31)30-15-5-2-6-16-30)43-34-25-32-17-7-10-20-36(32)41(28-34)40-27-33-18-8-9-19-35(33)37-21-11-12-22-38(37)40/h1-28,43H. The van der Waals surface area contributed by atoms with Crippen LogP contribution in [0.2, 0.25) is 0 Å². The summed E-state index contributed by atoms with van der Waals surface area (Å²) in [6.07, 6.45) is 0. The van der Waals surface area contributed by atoms with Crippen LogP contribution in [0.4, 0.5) is 11.4 Å². The Kier molecular flexibility index (Phi) is 6.20. The van der Waals surface area contributed by atoms with Crippen LogP contribution < -0.4 is 5.32 Å². The fraction of sp³-hybridized carbons (Fsp3) is 0. The lowest BCUT2D eigenvalue weighted by atomic mass is 9.90. The van der Waals surface area contributed by atoms with Crippen LogP contribution in [0.1, 0.15) is 0 Å². The van der Waals surface area contributed by atoms with Gasteiger partial charge in [-0.25, -0.2) is 0 Å². The average molecular weight is 548 g/mol. The first-order valence-corrected chi connectivity index (χ1v) is 14.8. The summed E-state index contributed by atoms with van der Waals surface area (Å²) >= 11 is 0. The number of hydrogen-bond acceptors (Lipinski definition) is 1. The molecule has 0 bridgehead atoms. The predicted octanol–water partition coefficient (Wildman–Crippen LogP) is 11.9. The van der Waals surface area contributed by atoms with Crippen molar-refractivity contribution in [3.05, 3.63) is 170 Å². The first-order chi connectivity index (χ1) is 21.3. The van der Waals surface area contributed by atoms with Crippen molar-refractivity contribution in [2.45, 2.75) is 0 Å². The molecule has 0 aliphatic heterocycles. The molecule has 0 radical (unpaired) electrons. The minimum atomic E-state index is 1.07. The van der Waals surface area contributed by atoms with Crippen LogP contribution >= 0.6 is 0 Å². The molecule has 0 amide bonds. The Bertz CT molecular complexity index is 2250. The van der Waals surface area contributed by atoms with Gasteiger partial charge in [0.1, 0.15) is 0 Å². The maximum absolute atomic E-state index is 3.84.